The summed E-state index contributed by atoms with van der Waals surface area (Å²) < 4.78 is 11.2. The van der Waals surface area contributed by atoms with Crippen LogP contribution in [0.1, 0.15) is 30.7 Å². The highest BCUT2D eigenvalue weighted by Gasteiger charge is 2.44. The van der Waals surface area contributed by atoms with E-state index >= 15 is 0 Å². The van der Waals surface area contributed by atoms with E-state index in [4.69, 9.17) is 9.47 Å². The first kappa shape index (κ1) is 17.4. The lowest BCUT2D eigenvalue weighted by molar-refractivity contribution is -0.122. The van der Waals surface area contributed by atoms with Gasteiger partial charge in [0.15, 0.2) is 11.5 Å². The minimum atomic E-state index is 0. The number of benzene rings is 1. The van der Waals surface area contributed by atoms with E-state index in [1.807, 2.05) is 12.1 Å². The van der Waals surface area contributed by atoms with Crippen LogP contribution in [0, 0.1) is 11.8 Å². The summed E-state index contributed by atoms with van der Waals surface area (Å²) >= 11 is 0. The number of nitrogens with one attached hydrogen (secondary N) is 2. The molecule has 1 aliphatic carbocycles. The fourth-order valence-corrected chi connectivity index (χ4v) is 3.64. The third-order valence-electron chi connectivity index (χ3n) is 5.14. The minimum Gasteiger partial charge on any atom is -0.486 e. The van der Waals surface area contributed by atoms with E-state index in [0.717, 1.165) is 49.9 Å². The molecule has 0 bridgehead atoms. The lowest BCUT2D eigenvalue weighted by Crippen LogP contribution is -2.28. The van der Waals surface area contributed by atoms with Gasteiger partial charge in [-0.15, -0.1) is 12.4 Å². The van der Waals surface area contributed by atoms with Crippen molar-refractivity contribution in [1.82, 2.24) is 10.6 Å². The van der Waals surface area contributed by atoms with Gasteiger partial charge < -0.3 is 20.1 Å². The predicted octanol–water partition coefficient (Wildman–Crippen LogP) is 2.10. The summed E-state index contributed by atoms with van der Waals surface area (Å²) in [6, 6.07) is 6.07. The minimum absolute atomic E-state index is 0. The van der Waals surface area contributed by atoms with E-state index in [0.29, 0.717) is 19.1 Å². The van der Waals surface area contributed by atoms with Crippen LogP contribution in [0.2, 0.25) is 0 Å². The summed E-state index contributed by atoms with van der Waals surface area (Å²) in [4.78, 5) is 12.3. The van der Waals surface area contributed by atoms with Crippen LogP contribution in [0.5, 0.6) is 11.5 Å². The lowest BCUT2D eigenvalue weighted by Gasteiger charge is -2.18. The Morgan fingerprint density at radius 1 is 1.25 bits per heavy atom. The van der Waals surface area contributed by atoms with E-state index in [-0.39, 0.29) is 24.2 Å². The Hall–Kier alpha value is -1.46. The van der Waals surface area contributed by atoms with Crippen molar-refractivity contribution in [2.24, 2.45) is 11.8 Å². The Bertz CT molecular complexity index is 590. The number of carbonyl (C=O) groups is 1. The third kappa shape index (κ3) is 3.78. The highest BCUT2D eigenvalue weighted by Crippen LogP contribution is 2.49. The second kappa shape index (κ2) is 7.62. The van der Waals surface area contributed by atoms with Crippen molar-refractivity contribution in [3.8, 4) is 11.5 Å². The van der Waals surface area contributed by atoms with Crippen LogP contribution in [0.4, 0.5) is 0 Å². The molecular weight excluding hydrogens is 328 g/mol. The van der Waals surface area contributed by atoms with Gasteiger partial charge in [0.25, 0.3) is 0 Å². The largest absolute Gasteiger partial charge is 0.486 e. The molecule has 0 aromatic heterocycles. The molecule has 4 rings (SSSR count). The SMILES string of the molecule is Cl.O=C(NCCC1CCNC1)C1CC1c1ccc2c(c1)OCCO2. The molecule has 0 radical (unpaired) electrons. The van der Waals surface area contributed by atoms with Gasteiger partial charge in [0.2, 0.25) is 5.91 Å². The Labute approximate surface area is 148 Å². The molecule has 1 amide bonds. The number of hydrogen-bond acceptors (Lipinski definition) is 4. The van der Waals surface area contributed by atoms with Gasteiger partial charge in [-0.2, -0.15) is 0 Å². The van der Waals surface area contributed by atoms with Gasteiger partial charge in [0, 0.05) is 12.5 Å². The molecule has 132 valence electrons. The van der Waals surface area contributed by atoms with Crippen LogP contribution in [0.25, 0.3) is 0 Å². The van der Waals surface area contributed by atoms with Crippen molar-refractivity contribution in [2.75, 3.05) is 32.8 Å². The third-order valence-corrected chi connectivity index (χ3v) is 5.14. The number of hydrogen-bond donors (Lipinski definition) is 2. The zero-order chi connectivity index (χ0) is 15.6. The molecule has 2 aliphatic heterocycles. The highest BCUT2D eigenvalue weighted by molar-refractivity contribution is 5.85. The summed E-state index contributed by atoms with van der Waals surface area (Å²) in [5, 5.41) is 6.48. The molecule has 1 aromatic rings. The van der Waals surface area contributed by atoms with E-state index in [1.54, 1.807) is 0 Å². The molecule has 6 heteroatoms. The predicted molar refractivity (Wildman–Crippen MR) is 94.1 cm³/mol. The molecular formula is C18H25ClN2O3. The summed E-state index contributed by atoms with van der Waals surface area (Å²) in [7, 11) is 0. The number of ether oxygens (including phenoxy) is 2. The van der Waals surface area contributed by atoms with Crippen molar-refractivity contribution in [2.45, 2.75) is 25.2 Å². The summed E-state index contributed by atoms with van der Waals surface area (Å²) in [6.07, 6.45) is 3.26. The highest BCUT2D eigenvalue weighted by atomic mass is 35.5. The summed E-state index contributed by atoms with van der Waals surface area (Å²) in [6.45, 7) is 4.22. The summed E-state index contributed by atoms with van der Waals surface area (Å²) in [5.74, 6) is 3.01. The van der Waals surface area contributed by atoms with Crippen LogP contribution in [-0.2, 0) is 4.79 Å². The van der Waals surface area contributed by atoms with Gasteiger partial charge >= 0.3 is 0 Å². The number of carbonyl (C=O) groups excluding carboxylic acids is 1. The average molecular weight is 353 g/mol. The molecule has 2 N–H and O–H groups in total. The molecule has 1 saturated heterocycles. The van der Waals surface area contributed by atoms with Gasteiger partial charge in [-0.25, -0.2) is 0 Å². The Kier molecular flexibility index (Phi) is 5.51. The molecule has 0 spiro atoms. The topological polar surface area (TPSA) is 59.6 Å². The van der Waals surface area contributed by atoms with E-state index in [2.05, 4.69) is 16.7 Å². The molecule has 3 unspecified atom stereocenters. The molecule has 3 aliphatic rings. The monoisotopic (exact) mass is 352 g/mol. The first-order chi connectivity index (χ1) is 11.3. The summed E-state index contributed by atoms with van der Waals surface area (Å²) in [5.41, 5.74) is 1.19. The maximum Gasteiger partial charge on any atom is 0.223 e. The number of rotatable bonds is 5. The molecule has 2 fully saturated rings. The van der Waals surface area contributed by atoms with Gasteiger partial charge in [0.05, 0.1) is 0 Å². The second-order valence-electron chi connectivity index (χ2n) is 6.79. The maximum absolute atomic E-state index is 12.3. The number of fused-ring (bicyclic) bond motifs is 1. The Morgan fingerprint density at radius 2 is 2.08 bits per heavy atom. The van der Waals surface area contributed by atoms with Crippen LogP contribution in [0.15, 0.2) is 18.2 Å². The van der Waals surface area contributed by atoms with E-state index in [9.17, 15) is 4.79 Å². The van der Waals surface area contributed by atoms with Crippen LogP contribution < -0.4 is 20.1 Å². The van der Waals surface area contributed by atoms with Crippen LogP contribution >= 0.6 is 12.4 Å². The van der Waals surface area contributed by atoms with Crippen molar-refractivity contribution in [3.05, 3.63) is 23.8 Å². The molecule has 1 aromatic carbocycles. The Balaban J connectivity index is 0.00000169. The van der Waals surface area contributed by atoms with Crippen molar-refractivity contribution >= 4 is 18.3 Å². The van der Waals surface area contributed by atoms with E-state index < -0.39 is 0 Å². The fraction of sp³-hybridized carbons (Fsp3) is 0.611. The Morgan fingerprint density at radius 3 is 2.88 bits per heavy atom. The maximum atomic E-state index is 12.3. The second-order valence-corrected chi connectivity index (χ2v) is 6.79. The van der Waals surface area contributed by atoms with Crippen molar-refractivity contribution in [3.63, 3.8) is 0 Å². The fourth-order valence-electron chi connectivity index (χ4n) is 3.64. The molecule has 2 heterocycles. The van der Waals surface area contributed by atoms with Gasteiger partial charge in [0.1, 0.15) is 13.2 Å². The van der Waals surface area contributed by atoms with Crippen molar-refractivity contribution < 1.29 is 14.3 Å². The zero-order valence-corrected chi connectivity index (χ0v) is 14.6. The lowest BCUT2D eigenvalue weighted by atomic mass is 10.1. The number of amides is 1. The van der Waals surface area contributed by atoms with Crippen LogP contribution in [-0.4, -0.2) is 38.8 Å². The smallest absolute Gasteiger partial charge is 0.223 e. The molecule has 5 nitrogen and oxygen atoms in total. The van der Waals surface area contributed by atoms with Crippen LogP contribution in [0.3, 0.4) is 0 Å². The van der Waals surface area contributed by atoms with Gasteiger partial charge in [-0.1, -0.05) is 6.07 Å². The first-order valence-corrected chi connectivity index (χ1v) is 8.69. The standard InChI is InChI=1S/C18H24N2O3.ClH/c21-18(20-6-4-12-3-5-19-11-12)15-10-14(15)13-1-2-16-17(9-13)23-8-7-22-16;/h1-2,9,12,14-15,19H,3-8,10-11H2,(H,20,21);1H. The molecule has 24 heavy (non-hydrogen) atoms. The quantitative estimate of drug-likeness (QED) is 0.852. The average Bonchev–Trinajstić information content (AvgIpc) is 3.23. The van der Waals surface area contributed by atoms with Gasteiger partial charge in [-0.3, -0.25) is 4.79 Å². The number of halogens is 1. The first-order valence-electron chi connectivity index (χ1n) is 8.69. The normalized spacial score (nSPS) is 27.2. The van der Waals surface area contributed by atoms with Gasteiger partial charge in [-0.05, 0) is 61.9 Å². The van der Waals surface area contributed by atoms with Crippen molar-refractivity contribution in [1.29, 1.82) is 0 Å². The molecule has 3 atom stereocenters. The van der Waals surface area contributed by atoms with E-state index in [1.165, 1.54) is 12.0 Å². The zero-order valence-electron chi connectivity index (χ0n) is 13.8. The molecule has 1 saturated carbocycles.